The highest BCUT2D eigenvalue weighted by atomic mass is 15.0. The minimum Gasteiger partial charge on any atom is -0.208 e. The van der Waals surface area contributed by atoms with Gasteiger partial charge in [-0.15, -0.1) is 0 Å². The summed E-state index contributed by atoms with van der Waals surface area (Å²) in [5.74, 6) is 1.96. The molecule has 11 rings (SSSR count). The van der Waals surface area contributed by atoms with Crippen molar-refractivity contribution in [2.75, 3.05) is 0 Å². The Morgan fingerprint density at radius 1 is 0.302 bits per heavy atom. The summed E-state index contributed by atoms with van der Waals surface area (Å²) in [7, 11) is 0. The lowest BCUT2D eigenvalue weighted by molar-refractivity contribution is 0.794. The molecule has 0 fully saturated rings. The zero-order chi connectivity index (χ0) is 34.9. The lowest BCUT2D eigenvalue weighted by Crippen LogP contribution is -2.25. The molecule has 0 radical (unpaired) electrons. The van der Waals surface area contributed by atoms with Crippen molar-refractivity contribution in [1.82, 2.24) is 15.0 Å². The summed E-state index contributed by atoms with van der Waals surface area (Å²) in [6.07, 6.45) is 0. The highest BCUT2D eigenvalue weighted by Crippen LogP contribution is 2.63. The van der Waals surface area contributed by atoms with E-state index in [1.165, 1.54) is 60.8 Å². The Balaban J connectivity index is 1.11. The SMILES string of the molecule is c1ccc(-c2ccc(-c3nc(-c4ccccc4)nc(-c4ccc5c(c4)-c4ccccc4C54c5ccccc5-c5c4ccc4ccccc54)n3)cc2)cc1. The number of hydrogen-bond acceptors (Lipinski definition) is 3. The van der Waals surface area contributed by atoms with E-state index in [0.717, 1.165) is 22.3 Å². The molecule has 0 N–H and O–H groups in total. The van der Waals surface area contributed by atoms with Crippen LogP contribution in [0.5, 0.6) is 0 Å². The minimum atomic E-state index is -0.430. The first-order valence-electron chi connectivity index (χ1n) is 18.1. The zero-order valence-electron chi connectivity index (χ0n) is 28.7. The highest BCUT2D eigenvalue weighted by molar-refractivity contribution is 6.06. The van der Waals surface area contributed by atoms with Crippen molar-refractivity contribution in [1.29, 1.82) is 0 Å². The standard InChI is InChI=1S/C50H31N3/c1-3-13-32(14-4-1)33-23-25-36(26-24-33)48-51-47(35-16-5-2-6-17-35)52-49(53-48)37-28-29-44-41(31-37)39-19-9-11-21-42(39)50(44)43-22-12-10-20-40(43)46-38-18-8-7-15-34(38)27-30-45(46)50/h1-31H. The average molecular weight is 674 g/mol. The first kappa shape index (κ1) is 29.7. The van der Waals surface area contributed by atoms with Gasteiger partial charge in [-0.1, -0.05) is 182 Å². The van der Waals surface area contributed by atoms with Gasteiger partial charge in [0.15, 0.2) is 17.5 Å². The molecule has 246 valence electrons. The fourth-order valence-electron chi connectivity index (χ4n) is 8.84. The summed E-state index contributed by atoms with van der Waals surface area (Å²) in [6, 6.07) is 67.3. The fourth-order valence-corrected chi connectivity index (χ4v) is 8.84. The third-order valence-electron chi connectivity index (χ3n) is 11.2. The molecule has 0 aliphatic heterocycles. The van der Waals surface area contributed by atoms with Crippen LogP contribution in [0.3, 0.4) is 0 Å². The first-order chi connectivity index (χ1) is 26.3. The zero-order valence-corrected chi connectivity index (χ0v) is 28.7. The lowest BCUT2D eigenvalue weighted by Gasteiger charge is -2.30. The molecule has 0 saturated carbocycles. The van der Waals surface area contributed by atoms with Crippen molar-refractivity contribution in [3.63, 3.8) is 0 Å². The molecular weight excluding hydrogens is 643 g/mol. The largest absolute Gasteiger partial charge is 0.208 e. The molecule has 0 amide bonds. The predicted molar refractivity (Wildman–Crippen MR) is 215 cm³/mol. The number of benzene rings is 8. The molecule has 1 heterocycles. The van der Waals surface area contributed by atoms with Crippen LogP contribution in [-0.4, -0.2) is 15.0 Å². The Morgan fingerprint density at radius 3 is 1.51 bits per heavy atom. The maximum absolute atomic E-state index is 5.16. The summed E-state index contributed by atoms with van der Waals surface area (Å²) in [4.78, 5) is 15.3. The van der Waals surface area contributed by atoms with Crippen molar-refractivity contribution >= 4 is 10.8 Å². The maximum atomic E-state index is 5.16. The average Bonchev–Trinajstić information content (AvgIpc) is 3.71. The van der Waals surface area contributed by atoms with Gasteiger partial charge in [-0.05, 0) is 72.5 Å². The molecule has 9 aromatic rings. The topological polar surface area (TPSA) is 38.7 Å². The summed E-state index contributed by atoms with van der Waals surface area (Å²) in [6.45, 7) is 0. The van der Waals surface area contributed by atoms with Crippen LogP contribution in [0.25, 0.3) is 78.3 Å². The molecule has 1 spiro atoms. The van der Waals surface area contributed by atoms with Crippen LogP contribution in [-0.2, 0) is 5.41 Å². The van der Waals surface area contributed by atoms with Crippen LogP contribution in [0.2, 0.25) is 0 Å². The van der Waals surface area contributed by atoms with E-state index in [9.17, 15) is 0 Å². The molecular formula is C50H31N3. The van der Waals surface area contributed by atoms with E-state index in [1.54, 1.807) is 0 Å². The van der Waals surface area contributed by atoms with E-state index < -0.39 is 5.41 Å². The van der Waals surface area contributed by atoms with Gasteiger partial charge >= 0.3 is 0 Å². The lowest BCUT2D eigenvalue weighted by atomic mass is 9.70. The molecule has 8 aromatic carbocycles. The van der Waals surface area contributed by atoms with E-state index in [1.807, 2.05) is 24.3 Å². The van der Waals surface area contributed by atoms with Gasteiger partial charge in [-0.3, -0.25) is 0 Å². The van der Waals surface area contributed by atoms with Gasteiger partial charge in [-0.25, -0.2) is 15.0 Å². The number of hydrogen-bond donors (Lipinski definition) is 0. The Kier molecular flexibility index (Phi) is 6.47. The molecule has 0 bridgehead atoms. The van der Waals surface area contributed by atoms with Gasteiger partial charge in [0.1, 0.15) is 0 Å². The normalized spacial score (nSPS) is 14.9. The van der Waals surface area contributed by atoms with Gasteiger partial charge in [0, 0.05) is 16.7 Å². The number of rotatable bonds is 4. The second-order valence-corrected chi connectivity index (χ2v) is 13.9. The summed E-state index contributed by atoms with van der Waals surface area (Å²) in [5.41, 5.74) is 15.1. The quantitative estimate of drug-likeness (QED) is 0.187. The summed E-state index contributed by atoms with van der Waals surface area (Å²) < 4.78 is 0. The highest BCUT2D eigenvalue weighted by Gasteiger charge is 2.52. The van der Waals surface area contributed by atoms with Gasteiger partial charge in [-0.2, -0.15) is 0 Å². The molecule has 53 heavy (non-hydrogen) atoms. The monoisotopic (exact) mass is 673 g/mol. The van der Waals surface area contributed by atoms with Crippen LogP contribution in [0.4, 0.5) is 0 Å². The first-order valence-corrected chi connectivity index (χ1v) is 18.1. The van der Waals surface area contributed by atoms with Crippen molar-refractivity contribution in [3.8, 4) is 67.5 Å². The summed E-state index contributed by atoms with van der Waals surface area (Å²) in [5, 5.41) is 2.55. The van der Waals surface area contributed by atoms with Crippen LogP contribution in [0.15, 0.2) is 188 Å². The molecule has 1 atom stereocenters. The van der Waals surface area contributed by atoms with Crippen LogP contribution < -0.4 is 0 Å². The Bertz CT molecular complexity index is 2880. The van der Waals surface area contributed by atoms with Crippen molar-refractivity contribution in [3.05, 3.63) is 210 Å². The third kappa shape index (κ3) is 4.38. The van der Waals surface area contributed by atoms with E-state index in [-0.39, 0.29) is 0 Å². The Labute approximate surface area is 308 Å². The van der Waals surface area contributed by atoms with E-state index >= 15 is 0 Å². The number of fused-ring (bicyclic) bond motifs is 12. The second kappa shape index (κ2) is 11.5. The fraction of sp³-hybridized carbons (Fsp3) is 0.0200. The van der Waals surface area contributed by atoms with E-state index in [2.05, 4.69) is 164 Å². The molecule has 3 nitrogen and oxygen atoms in total. The number of nitrogens with zero attached hydrogens (tertiary/aromatic N) is 3. The smallest absolute Gasteiger partial charge is 0.164 e. The van der Waals surface area contributed by atoms with E-state index in [4.69, 9.17) is 15.0 Å². The van der Waals surface area contributed by atoms with Gasteiger partial charge < -0.3 is 0 Å². The predicted octanol–water partition coefficient (Wildman–Crippen LogP) is 12.0. The number of aromatic nitrogens is 3. The molecule has 3 heteroatoms. The van der Waals surface area contributed by atoms with Crippen molar-refractivity contribution < 1.29 is 0 Å². The Morgan fingerprint density at radius 2 is 0.774 bits per heavy atom. The molecule has 1 unspecified atom stereocenters. The van der Waals surface area contributed by atoms with Crippen LogP contribution in [0.1, 0.15) is 22.3 Å². The third-order valence-corrected chi connectivity index (χ3v) is 11.2. The van der Waals surface area contributed by atoms with Crippen LogP contribution in [0, 0.1) is 0 Å². The van der Waals surface area contributed by atoms with Crippen LogP contribution >= 0.6 is 0 Å². The van der Waals surface area contributed by atoms with Gasteiger partial charge in [0.05, 0.1) is 5.41 Å². The molecule has 2 aliphatic carbocycles. The Hall–Kier alpha value is -6.97. The molecule has 2 aliphatic rings. The van der Waals surface area contributed by atoms with E-state index in [0.29, 0.717) is 17.5 Å². The van der Waals surface area contributed by atoms with Crippen molar-refractivity contribution in [2.24, 2.45) is 0 Å². The van der Waals surface area contributed by atoms with Gasteiger partial charge in [0.2, 0.25) is 0 Å². The molecule has 0 saturated heterocycles. The van der Waals surface area contributed by atoms with Gasteiger partial charge in [0.25, 0.3) is 0 Å². The minimum absolute atomic E-state index is 0.430. The van der Waals surface area contributed by atoms with Crippen molar-refractivity contribution in [2.45, 2.75) is 5.41 Å². The maximum Gasteiger partial charge on any atom is 0.164 e. The summed E-state index contributed by atoms with van der Waals surface area (Å²) >= 11 is 0. The molecule has 1 aromatic heterocycles. The second-order valence-electron chi connectivity index (χ2n) is 13.9.